The fourth-order valence-corrected chi connectivity index (χ4v) is 1.39. The van der Waals surface area contributed by atoms with Gasteiger partial charge in [-0.3, -0.25) is 4.98 Å². The van der Waals surface area contributed by atoms with Gasteiger partial charge in [-0.05, 0) is 25.1 Å². The Morgan fingerprint density at radius 2 is 2.42 bits per heavy atom. The highest BCUT2D eigenvalue weighted by Crippen LogP contribution is 2.13. The predicted molar refractivity (Wildman–Crippen MR) is 48.7 cm³/mol. The molecule has 0 spiro atoms. The van der Waals surface area contributed by atoms with E-state index in [1.807, 2.05) is 24.4 Å². The second kappa shape index (κ2) is 3.50. The lowest BCUT2D eigenvalue weighted by atomic mass is 10.1. The van der Waals surface area contributed by atoms with E-state index in [2.05, 4.69) is 22.5 Å². The van der Waals surface area contributed by atoms with Crippen LogP contribution < -0.4 is 5.32 Å². The summed E-state index contributed by atoms with van der Waals surface area (Å²) in [6.07, 6.45) is 7.34. The summed E-state index contributed by atoms with van der Waals surface area (Å²) < 4.78 is 0. The van der Waals surface area contributed by atoms with Crippen LogP contribution in [0.2, 0.25) is 0 Å². The molecule has 0 aliphatic carbocycles. The van der Waals surface area contributed by atoms with Crippen molar-refractivity contribution in [2.45, 2.75) is 12.5 Å². The van der Waals surface area contributed by atoms with Crippen LogP contribution in [0.25, 0.3) is 0 Å². The standard InChI is InChI=1S/C10H12N2/c1-3-7-11-9(5-1)10-6-2-4-8-12-10/h1-3,5-7,10,12H,4,8H2. The second-order valence-electron chi connectivity index (χ2n) is 2.90. The minimum Gasteiger partial charge on any atom is -0.305 e. The Bertz CT molecular complexity index is 266. The Morgan fingerprint density at radius 1 is 1.42 bits per heavy atom. The Morgan fingerprint density at radius 3 is 3.08 bits per heavy atom. The van der Waals surface area contributed by atoms with Crippen LogP contribution in [-0.4, -0.2) is 11.5 Å². The Labute approximate surface area is 72.3 Å². The lowest BCUT2D eigenvalue weighted by molar-refractivity contribution is 0.589. The van der Waals surface area contributed by atoms with E-state index in [4.69, 9.17) is 0 Å². The molecular weight excluding hydrogens is 148 g/mol. The van der Waals surface area contributed by atoms with Gasteiger partial charge in [0.25, 0.3) is 0 Å². The van der Waals surface area contributed by atoms with Crippen molar-refractivity contribution in [1.29, 1.82) is 0 Å². The number of nitrogens with one attached hydrogen (secondary N) is 1. The molecule has 2 heterocycles. The van der Waals surface area contributed by atoms with Gasteiger partial charge in [0.1, 0.15) is 0 Å². The van der Waals surface area contributed by atoms with Crippen LogP contribution in [-0.2, 0) is 0 Å². The van der Waals surface area contributed by atoms with Gasteiger partial charge in [-0.15, -0.1) is 0 Å². The summed E-state index contributed by atoms with van der Waals surface area (Å²) in [5, 5.41) is 3.39. The number of hydrogen-bond acceptors (Lipinski definition) is 2. The molecule has 0 amide bonds. The minimum absolute atomic E-state index is 0.319. The summed E-state index contributed by atoms with van der Waals surface area (Å²) >= 11 is 0. The van der Waals surface area contributed by atoms with Crippen molar-refractivity contribution in [3.63, 3.8) is 0 Å². The van der Waals surface area contributed by atoms with Crippen LogP contribution in [0.3, 0.4) is 0 Å². The lowest BCUT2D eigenvalue weighted by Crippen LogP contribution is -2.24. The maximum absolute atomic E-state index is 4.29. The zero-order chi connectivity index (χ0) is 8.23. The first-order valence-corrected chi connectivity index (χ1v) is 4.28. The molecular formula is C10H12N2. The number of nitrogens with zero attached hydrogens (tertiary/aromatic N) is 1. The van der Waals surface area contributed by atoms with Gasteiger partial charge in [-0.1, -0.05) is 18.2 Å². The highest BCUT2D eigenvalue weighted by molar-refractivity contribution is 5.16. The topological polar surface area (TPSA) is 24.9 Å². The highest BCUT2D eigenvalue weighted by Gasteiger charge is 2.09. The zero-order valence-electron chi connectivity index (χ0n) is 6.90. The Kier molecular flexibility index (Phi) is 2.19. The van der Waals surface area contributed by atoms with Gasteiger partial charge in [0.05, 0.1) is 11.7 Å². The van der Waals surface area contributed by atoms with Crippen molar-refractivity contribution in [3.8, 4) is 0 Å². The molecule has 1 aliphatic heterocycles. The zero-order valence-corrected chi connectivity index (χ0v) is 6.90. The molecule has 12 heavy (non-hydrogen) atoms. The molecule has 1 N–H and O–H groups in total. The fourth-order valence-electron chi connectivity index (χ4n) is 1.39. The minimum atomic E-state index is 0.319. The van der Waals surface area contributed by atoms with Crippen molar-refractivity contribution < 1.29 is 0 Å². The van der Waals surface area contributed by atoms with Gasteiger partial charge >= 0.3 is 0 Å². The highest BCUT2D eigenvalue weighted by atomic mass is 14.9. The van der Waals surface area contributed by atoms with Crippen molar-refractivity contribution in [2.24, 2.45) is 0 Å². The Balaban J connectivity index is 2.19. The summed E-state index contributed by atoms with van der Waals surface area (Å²) in [4.78, 5) is 4.29. The largest absolute Gasteiger partial charge is 0.305 e. The number of aromatic nitrogens is 1. The van der Waals surface area contributed by atoms with Crippen molar-refractivity contribution in [1.82, 2.24) is 10.3 Å². The van der Waals surface area contributed by atoms with Gasteiger partial charge in [-0.25, -0.2) is 0 Å². The molecule has 2 rings (SSSR count). The van der Waals surface area contributed by atoms with Crippen LogP contribution in [0, 0.1) is 0 Å². The number of hydrogen-bond donors (Lipinski definition) is 1. The predicted octanol–water partition coefficient (Wildman–Crippen LogP) is 1.67. The van der Waals surface area contributed by atoms with Gasteiger partial charge in [-0.2, -0.15) is 0 Å². The average molecular weight is 160 g/mol. The van der Waals surface area contributed by atoms with E-state index in [1.165, 1.54) is 0 Å². The summed E-state index contributed by atoms with van der Waals surface area (Å²) in [5.74, 6) is 0. The van der Waals surface area contributed by atoms with Gasteiger partial charge in [0.15, 0.2) is 0 Å². The third-order valence-electron chi connectivity index (χ3n) is 2.01. The molecule has 0 aromatic carbocycles. The van der Waals surface area contributed by atoms with E-state index in [0.29, 0.717) is 6.04 Å². The molecule has 0 bridgehead atoms. The number of pyridine rings is 1. The smallest absolute Gasteiger partial charge is 0.0681 e. The first kappa shape index (κ1) is 7.50. The second-order valence-corrected chi connectivity index (χ2v) is 2.90. The van der Waals surface area contributed by atoms with Crippen LogP contribution in [0.4, 0.5) is 0 Å². The van der Waals surface area contributed by atoms with E-state index in [-0.39, 0.29) is 0 Å². The Hall–Kier alpha value is -1.15. The third kappa shape index (κ3) is 1.53. The van der Waals surface area contributed by atoms with Gasteiger partial charge < -0.3 is 5.32 Å². The van der Waals surface area contributed by atoms with Crippen LogP contribution in [0.15, 0.2) is 36.5 Å². The van der Waals surface area contributed by atoms with Crippen LogP contribution in [0.1, 0.15) is 18.2 Å². The van der Waals surface area contributed by atoms with E-state index >= 15 is 0 Å². The summed E-state index contributed by atoms with van der Waals surface area (Å²) in [5.41, 5.74) is 1.11. The monoisotopic (exact) mass is 160 g/mol. The van der Waals surface area contributed by atoms with Gasteiger partial charge in [0.2, 0.25) is 0 Å². The van der Waals surface area contributed by atoms with Crippen molar-refractivity contribution >= 4 is 0 Å². The molecule has 0 saturated heterocycles. The van der Waals surface area contributed by atoms with Crippen molar-refractivity contribution in [2.75, 3.05) is 6.54 Å². The quantitative estimate of drug-likeness (QED) is 0.632. The summed E-state index contributed by atoms with van der Waals surface area (Å²) in [6.45, 7) is 1.05. The molecule has 0 radical (unpaired) electrons. The third-order valence-corrected chi connectivity index (χ3v) is 2.01. The molecule has 1 aromatic heterocycles. The van der Waals surface area contributed by atoms with E-state index in [0.717, 1.165) is 18.7 Å². The first-order valence-electron chi connectivity index (χ1n) is 4.28. The average Bonchev–Trinajstić information content (AvgIpc) is 2.21. The summed E-state index contributed by atoms with van der Waals surface area (Å²) in [7, 11) is 0. The SMILES string of the molecule is C1=CC(c2ccccn2)NCC1. The molecule has 62 valence electrons. The first-order chi connectivity index (χ1) is 5.97. The van der Waals surface area contributed by atoms with Crippen molar-refractivity contribution in [3.05, 3.63) is 42.2 Å². The molecule has 1 aromatic rings. The molecule has 0 fully saturated rings. The molecule has 2 nitrogen and oxygen atoms in total. The molecule has 2 heteroatoms. The van der Waals surface area contributed by atoms with E-state index in [9.17, 15) is 0 Å². The van der Waals surface area contributed by atoms with E-state index < -0.39 is 0 Å². The molecule has 0 saturated carbocycles. The van der Waals surface area contributed by atoms with Gasteiger partial charge in [0, 0.05) is 6.20 Å². The summed E-state index contributed by atoms with van der Waals surface area (Å²) in [6, 6.07) is 6.33. The number of rotatable bonds is 1. The van der Waals surface area contributed by atoms with Crippen LogP contribution in [0.5, 0.6) is 0 Å². The lowest BCUT2D eigenvalue weighted by Gasteiger charge is -2.17. The normalized spacial score (nSPS) is 22.5. The maximum Gasteiger partial charge on any atom is 0.0681 e. The maximum atomic E-state index is 4.29. The van der Waals surface area contributed by atoms with E-state index in [1.54, 1.807) is 0 Å². The fraction of sp³-hybridized carbons (Fsp3) is 0.300. The molecule has 1 aliphatic rings. The van der Waals surface area contributed by atoms with Crippen LogP contribution >= 0.6 is 0 Å². The molecule has 1 atom stereocenters. The molecule has 1 unspecified atom stereocenters.